The highest BCUT2D eigenvalue weighted by atomic mass is 16.7. The molecule has 6 nitrogen and oxygen atoms in total. The molecule has 0 bridgehead atoms. The number of nitrogens with zero attached hydrogens (tertiary/aromatic N) is 1. The first-order chi connectivity index (χ1) is 11.9. The van der Waals surface area contributed by atoms with E-state index in [1.165, 1.54) is 0 Å². The van der Waals surface area contributed by atoms with Crippen molar-refractivity contribution in [3.05, 3.63) is 36.4 Å². The van der Waals surface area contributed by atoms with Crippen molar-refractivity contribution in [1.29, 1.82) is 0 Å². The van der Waals surface area contributed by atoms with Gasteiger partial charge in [0.2, 0.25) is 6.29 Å². The van der Waals surface area contributed by atoms with Gasteiger partial charge in [0.15, 0.2) is 5.76 Å². The number of pyridine rings is 1. The molecule has 6 heteroatoms. The largest absolute Gasteiger partial charge is 0.459 e. The lowest BCUT2D eigenvalue weighted by Crippen LogP contribution is -2.34. The molecule has 0 fully saturated rings. The number of allylic oxidation sites excluding steroid dienone is 1. The summed E-state index contributed by atoms with van der Waals surface area (Å²) in [6.07, 6.45) is 6.83. The highest BCUT2D eigenvalue weighted by molar-refractivity contribution is 6.02. The van der Waals surface area contributed by atoms with Crippen LogP contribution in [0.5, 0.6) is 0 Å². The topological polar surface area (TPSA) is 80.7 Å². The van der Waals surface area contributed by atoms with E-state index in [0.717, 1.165) is 6.42 Å². The van der Waals surface area contributed by atoms with Crippen molar-refractivity contribution in [2.75, 3.05) is 18.5 Å². The third kappa shape index (κ3) is 6.14. The molecule has 0 spiro atoms. The second-order valence-corrected chi connectivity index (χ2v) is 7.28. The van der Waals surface area contributed by atoms with Crippen LogP contribution < -0.4 is 5.32 Å². The summed E-state index contributed by atoms with van der Waals surface area (Å²) < 4.78 is 11.5. The fraction of sp³-hybridized carbons (Fsp3) is 0.579. The monoisotopic (exact) mass is 348 g/mol. The molecule has 1 aliphatic rings. The number of aliphatic hydroxyl groups is 1. The van der Waals surface area contributed by atoms with Crippen LogP contribution in [0.1, 0.15) is 40.0 Å². The smallest absolute Gasteiger partial charge is 0.290 e. The zero-order valence-electron chi connectivity index (χ0n) is 15.2. The van der Waals surface area contributed by atoms with Gasteiger partial charge in [0.05, 0.1) is 18.5 Å². The summed E-state index contributed by atoms with van der Waals surface area (Å²) >= 11 is 0. The molecular formula is C19H28N2O4. The maximum absolute atomic E-state index is 12.5. The van der Waals surface area contributed by atoms with Crippen molar-refractivity contribution in [3.8, 4) is 0 Å². The van der Waals surface area contributed by atoms with Crippen molar-refractivity contribution in [2.24, 2.45) is 11.3 Å². The van der Waals surface area contributed by atoms with Gasteiger partial charge in [0.25, 0.3) is 5.91 Å². The number of rotatable bonds is 7. The number of carbonyl (C=O) groups excluding carboxylic acids is 1. The Morgan fingerprint density at radius 3 is 2.88 bits per heavy atom. The van der Waals surface area contributed by atoms with Crippen LogP contribution in [0.4, 0.5) is 5.69 Å². The minimum Gasteiger partial charge on any atom is -0.459 e. The van der Waals surface area contributed by atoms with Crippen LogP contribution in [0, 0.1) is 11.3 Å². The highest BCUT2D eigenvalue weighted by Crippen LogP contribution is 2.36. The van der Waals surface area contributed by atoms with E-state index in [2.05, 4.69) is 31.1 Å². The summed E-state index contributed by atoms with van der Waals surface area (Å²) in [7, 11) is 0. The van der Waals surface area contributed by atoms with E-state index in [1.807, 2.05) is 6.08 Å². The minimum atomic E-state index is -0.456. The van der Waals surface area contributed by atoms with Crippen molar-refractivity contribution in [2.45, 2.75) is 46.3 Å². The molecule has 1 aliphatic heterocycles. The molecule has 1 amide bonds. The Morgan fingerprint density at radius 2 is 2.24 bits per heavy atom. The lowest BCUT2D eigenvalue weighted by Gasteiger charge is -2.35. The Balaban J connectivity index is 2.05. The maximum atomic E-state index is 12.5. The Kier molecular flexibility index (Phi) is 6.96. The lowest BCUT2D eigenvalue weighted by atomic mass is 9.77. The van der Waals surface area contributed by atoms with Gasteiger partial charge in [-0.2, -0.15) is 0 Å². The summed E-state index contributed by atoms with van der Waals surface area (Å²) in [6, 6.07) is 3.54. The molecule has 0 aromatic carbocycles. The number of hydrogen-bond donors (Lipinski definition) is 2. The molecule has 0 radical (unpaired) electrons. The van der Waals surface area contributed by atoms with Crippen LogP contribution in [0.3, 0.4) is 0 Å². The molecule has 1 aromatic heterocycles. The van der Waals surface area contributed by atoms with E-state index in [-0.39, 0.29) is 29.6 Å². The van der Waals surface area contributed by atoms with Crippen molar-refractivity contribution >= 4 is 11.6 Å². The number of hydrogen-bond acceptors (Lipinski definition) is 5. The fourth-order valence-electron chi connectivity index (χ4n) is 2.58. The van der Waals surface area contributed by atoms with Crippen LogP contribution >= 0.6 is 0 Å². The normalized spacial score (nSPS) is 20.6. The van der Waals surface area contributed by atoms with Crippen molar-refractivity contribution < 1.29 is 19.4 Å². The number of carbonyl (C=O) groups is 1. The van der Waals surface area contributed by atoms with Crippen molar-refractivity contribution in [1.82, 2.24) is 4.98 Å². The third-order valence-corrected chi connectivity index (χ3v) is 4.17. The Morgan fingerprint density at radius 1 is 1.44 bits per heavy atom. The average Bonchev–Trinajstić information content (AvgIpc) is 2.58. The molecule has 138 valence electrons. The van der Waals surface area contributed by atoms with Crippen LogP contribution in [-0.2, 0) is 14.3 Å². The third-order valence-electron chi connectivity index (χ3n) is 4.17. The Labute approximate surface area is 149 Å². The van der Waals surface area contributed by atoms with Crippen molar-refractivity contribution in [3.63, 3.8) is 0 Å². The minimum absolute atomic E-state index is 0.00365. The summed E-state index contributed by atoms with van der Waals surface area (Å²) in [5, 5.41) is 11.7. The van der Waals surface area contributed by atoms with Crippen LogP contribution in [0.2, 0.25) is 0 Å². The zero-order valence-corrected chi connectivity index (χ0v) is 15.2. The number of aliphatic hydroxyl groups excluding tert-OH is 1. The van der Waals surface area contributed by atoms with E-state index in [1.54, 1.807) is 24.5 Å². The standard InChI is InChI=1S/C19H28N2O4/c1-19(2,3)14-11-16(18(23)21-15-7-6-8-20-13-15)25-17(12-14)24-10-5-4-9-22/h6-8,11,13-14,17,22H,4-5,9-10,12H2,1-3H3,(H,21,23)/t14-,17+/m1/s1. The Hall–Kier alpha value is -1.92. The van der Waals surface area contributed by atoms with E-state index in [0.29, 0.717) is 25.1 Å². The van der Waals surface area contributed by atoms with Gasteiger partial charge in [-0.15, -0.1) is 0 Å². The van der Waals surface area contributed by atoms with E-state index in [9.17, 15) is 4.79 Å². The van der Waals surface area contributed by atoms with E-state index < -0.39 is 6.29 Å². The molecule has 0 aliphatic carbocycles. The predicted octanol–water partition coefficient (Wildman–Crippen LogP) is 3.10. The summed E-state index contributed by atoms with van der Waals surface area (Å²) in [5.41, 5.74) is 0.617. The van der Waals surface area contributed by atoms with Gasteiger partial charge in [0, 0.05) is 19.2 Å². The molecule has 0 saturated carbocycles. The van der Waals surface area contributed by atoms with Gasteiger partial charge in [0.1, 0.15) is 0 Å². The average molecular weight is 348 g/mol. The van der Waals surface area contributed by atoms with Gasteiger partial charge >= 0.3 is 0 Å². The van der Waals surface area contributed by atoms with Crippen LogP contribution in [0.15, 0.2) is 36.4 Å². The first-order valence-electron chi connectivity index (χ1n) is 8.72. The fourth-order valence-corrected chi connectivity index (χ4v) is 2.58. The maximum Gasteiger partial charge on any atom is 0.290 e. The second-order valence-electron chi connectivity index (χ2n) is 7.28. The quantitative estimate of drug-likeness (QED) is 0.740. The van der Waals surface area contributed by atoms with Gasteiger partial charge < -0.3 is 19.9 Å². The molecule has 2 atom stereocenters. The lowest BCUT2D eigenvalue weighted by molar-refractivity contribution is -0.150. The summed E-state index contributed by atoms with van der Waals surface area (Å²) in [6.45, 7) is 7.06. The Bertz CT molecular complexity index is 581. The van der Waals surface area contributed by atoms with E-state index in [4.69, 9.17) is 14.6 Å². The number of unbranched alkanes of at least 4 members (excludes halogenated alkanes) is 1. The number of amides is 1. The van der Waals surface area contributed by atoms with Gasteiger partial charge in [-0.1, -0.05) is 20.8 Å². The second kappa shape index (κ2) is 8.97. The molecule has 2 N–H and O–H groups in total. The molecule has 0 saturated heterocycles. The van der Waals surface area contributed by atoms with Gasteiger partial charge in [-0.25, -0.2) is 0 Å². The first-order valence-corrected chi connectivity index (χ1v) is 8.72. The molecule has 2 rings (SSSR count). The highest BCUT2D eigenvalue weighted by Gasteiger charge is 2.34. The molecular weight excluding hydrogens is 320 g/mol. The SMILES string of the molecule is CC(C)(C)[C@@H]1C=C(C(=O)Nc2cccnc2)O[C@H](OCCCCO)C1. The summed E-state index contributed by atoms with van der Waals surface area (Å²) in [5.74, 6) is 0.145. The van der Waals surface area contributed by atoms with Crippen LogP contribution in [0.25, 0.3) is 0 Å². The number of nitrogens with one attached hydrogen (secondary N) is 1. The molecule has 0 unspecified atom stereocenters. The van der Waals surface area contributed by atoms with E-state index >= 15 is 0 Å². The number of anilines is 1. The molecule has 2 heterocycles. The van der Waals surface area contributed by atoms with Gasteiger partial charge in [-0.3, -0.25) is 9.78 Å². The number of ether oxygens (including phenoxy) is 2. The first kappa shape index (κ1) is 19.4. The number of aromatic nitrogens is 1. The summed E-state index contributed by atoms with van der Waals surface area (Å²) in [4.78, 5) is 16.5. The molecule has 25 heavy (non-hydrogen) atoms. The predicted molar refractivity (Wildman–Crippen MR) is 95.7 cm³/mol. The zero-order chi connectivity index (χ0) is 18.3. The molecule has 1 aromatic rings. The van der Waals surface area contributed by atoms with Crippen LogP contribution in [-0.4, -0.2) is 35.5 Å². The van der Waals surface area contributed by atoms with Gasteiger partial charge in [-0.05, 0) is 42.4 Å².